The molecular weight excluding hydrogens is 302 g/mol. The van der Waals surface area contributed by atoms with Crippen molar-refractivity contribution in [3.8, 4) is 5.75 Å². The van der Waals surface area contributed by atoms with Crippen molar-refractivity contribution in [2.24, 2.45) is 0 Å². The van der Waals surface area contributed by atoms with Gasteiger partial charge in [0.15, 0.2) is 0 Å². The number of hydrogen-bond donors (Lipinski definition) is 1. The topological polar surface area (TPSA) is 64.6 Å². The first-order valence-corrected chi connectivity index (χ1v) is 7.65. The molecule has 0 atom stereocenters. The average molecular weight is 319 g/mol. The van der Waals surface area contributed by atoms with E-state index < -0.39 is 12.1 Å². The van der Waals surface area contributed by atoms with Crippen LogP contribution in [0.1, 0.15) is 27.7 Å². The minimum atomic E-state index is -0.641. The first kappa shape index (κ1) is 16.0. The minimum Gasteiger partial charge on any atom is -0.462 e. The van der Waals surface area contributed by atoms with Gasteiger partial charge in [-0.1, -0.05) is 18.2 Å². The summed E-state index contributed by atoms with van der Waals surface area (Å²) in [6, 6.07) is 8.72. The highest BCUT2D eigenvalue weighted by molar-refractivity contribution is 7.16. The number of benzene rings is 1. The number of hydrogen-bond acceptors (Lipinski definition) is 5. The SMILES string of the molecule is CCOC(=O)c1c(NC(=O)Oc2ccccc2)sc(C)c1C. The zero-order valence-corrected chi connectivity index (χ0v) is 13.5. The average Bonchev–Trinajstić information content (AvgIpc) is 2.74. The number of para-hydroxylation sites is 1. The van der Waals surface area contributed by atoms with E-state index in [9.17, 15) is 9.59 Å². The lowest BCUT2D eigenvalue weighted by Gasteiger charge is -2.07. The maximum atomic E-state index is 12.0. The van der Waals surface area contributed by atoms with Crippen LogP contribution in [0, 0.1) is 13.8 Å². The molecule has 22 heavy (non-hydrogen) atoms. The molecule has 2 rings (SSSR count). The highest BCUT2D eigenvalue weighted by atomic mass is 32.1. The number of carbonyl (C=O) groups is 2. The molecule has 0 aliphatic heterocycles. The Morgan fingerprint density at radius 2 is 1.86 bits per heavy atom. The van der Waals surface area contributed by atoms with Gasteiger partial charge in [0.25, 0.3) is 0 Å². The van der Waals surface area contributed by atoms with Crippen LogP contribution in [0.4, 0.5) is 9.80 Å². The van der Waals surface area contributed by atoms with Crippen LogP contribution in [0.2, 0.25) is 0 Å². The molecule has 1 aromatic carbocycles. The van der Waals surface area contributed by atoms with Crippen LogP contribution in [0.15, 0.2) is 30.3 Å². The molecule has 6 heteroatoms. The number of ether oxygens (including phenoxy) is 2. The van der Waals surface area contributed by atoms with E-state index in [2.05, 4.69) is 5.32 Å². The third-order valence-corrected chi connectivity index (χ3v) is 4.16. The normalized spacial score (nSPS) is 10.1. The first-order valence-electron chi connectivity index (χ1n) is 6.84. The molecule has 0 radical (unpaired) electrons. The van der Waals surface area contributed by atoms with Gasteiger partial charge in [-0.3, -0.25) is 5.32 Å². The Labute approximate surface area is 132 Å². The zero-order chi connectivity index (χ0) is 16.1. The Kier molecular flexibility index (Phi) is 5.16. The van der Waals surface area contributed by atoms with Gasteiger partial charge < -0.3 is 9.47 Å². The van der Waals surface area contributed by atoms with E-state index in [-0.39, 0.29) is 6.61 Å². The number of rotatable bonds is 4. The lowest BCUT2D eigenvalue weighted by atomic mass is 10.1. The van der Waals surface area contributed by atoms with Gasteiger partial charge in [-0.2, -0.15) is 0 Å². The molecule has 0 saturated heterocycles. The number of esters is 1. The molecule has 1 amide bonds. The van der Waals surface area contributed by atoms with Crippen molar-refractivity contribution in [3.63, 3.8) is 0 Å². The summed E-state index contributed by atoms with van der Waals surface area (Å²) in [5, 5.41) is 3.06. The molecule has 0 aliphatic rings. The quantitative estimate of drug-likeness (QED) is 0.860. The number of aryl methyl sites for hydroxylation is 1. The molecule has 0 spiro atoms. The summed E-state index contributed by atoms with van der Waals surface area (Å²) in [6.07, 6.45) is -0.641. The summed E-state index contributed by atoms with van der Waals surface area (Å²) in [4.78, 5) is 24.9. The van der Waals surface area contributed by atoms with Gasteiger partial charge in [0.1, 0.15) is 10.8 Å². The fourth-order valence-corrected chi connectivity index (χ4v) is 2.91. The van der Waals surface area contributed by atoms with Gasteiger partial charge in [-0.15, -0.1) is 11.3 Å². The van der Waals surface area contributed by atoms with E-state index in [4.69, 9.17) is 9.47 Å². The van der Waals surface area contributed by atoms with Crippen LogP contribution in [0.25, 0.3) is 0 Å². The van der Waals surface area contributed by atoms with E-state index in [1.807, 2.05) is 19.9 Å². The number of anilines is 1. The smallest absolute Gasteiger partial charge is 0.417 e. The molecule has 0 fully saturated rings. The van der Waals surface area contributed by atoms with Crippen molar-refractivity contribution in [1.29, 1.82) is 0 Å². The second-order valence-electron chi connectivity index (χ2n) is 4.54. The number of carbonyl (C=O) groups excluding carboxylic acids is 2. The predicted molar refractivity (Wildman–Crippen MR) is 85.8 cm³/mol. The molecule has 1 heterocycles. The maximum absolute atomic E-state index is 12.0. The summed E-state index contributed by atoms with van der Waals surface area (Å²) < 4.78 is 10.2. The Morgan fingerprint density at radius 1 is 1.18 bits per heavy atom. The van der Waals surface area contributed by atoms with Crippen molar-refractivity contribution in [2.75, 3.05) is 11.9 Å². The third-order valence-electron chi connectivity index (χ3n) is 3.03. The predicted octanol–water partition coefficient (Wildman–Crippen LogP) is 4.15. The van der Waals surface area contributed by atoms with Crippen LogP contribution in [0.5, 0.6) is 5.75 Å². The summed E-state index contributed by atoms with van der Waals surface area (Å²) in [5.74, 6) is -0.0120. The number of amides is 1. The second-order valence-corrected chi connectivity index (χ2v) is 5.76. The Hall–Kier alpha value is -2.34. The van der Waals surface area contributed by atoms with Crippen molar-refractivity contribution in [3.05, 3.63) is 46.3 Å². The Balaban J connectivity index is 2.17. The van der Waals surface area contributed by atoms with Gasteiger partial charge in [-0.05, 0) is 38.5 Å². The first-order chi connectivity index (χ1) is 10.5. The van der Waals surface area contributed by atoms with Gasteiger partial charge >= 0.3 is 12.1 Å². The number of thiophene rings is 1. The standard InChI is InChI=1S/C16H17NO4S/c1-4-20-15(18)13-10(2)11(3)22-14(13)17-16(19)21-12-8-6-5-7-9-12/h5-9H,4H2,1-3H3,(H,17,19). The van der Waals surface area contributed by atoms with Gasteiger partial charge in [0, 0.05) is 4.88 Å². The lowest BCUT2D eigenvalue weighted by molar-refractivity contribution is 0.0527. The van der Waals surface area contributed by atoms with Crippen molar-refractivity contribution >= 4 is 28.4 Å². The molecule has 0 unspecified atom stereocenters. The molecule has 2 aromatic rings. The van der Waals surface area contributed by atoms with Gasteiger partial charge in [0.05, 0.1) is 12.2 Å². The fraction of sp³-hybridized carbons (Fsp3) is 0.250. The van der Waals surface area contributed by atoms with Gasteiger partial charge in [0.2, 0.25) is 0 Å². The highest BCUT2D eigenvalue weighted by Gasteiger charge is 2.22. The molecule has 0 bridgehead atoms. The zero-order valence-electron chi connectivity index (χ0n) is 12.6. The summed E-state index contributed by atoms with van der Waals surface area (Å²) in [7, 11) is 0. The molecule has 116 valence electrons. The van der Waals surface area contributed by atoms with Crippen LogP contribution in [-0.2, 0) is 4.74 Å². The van der Waals surface area contributed by atoms with E-state index in [0.717, 1.165) is 10.4 Å². The number of nitrogens with one attached hydrogen (secondary N) is 1. The molecule has 5 nitrogen and oxygen atoms in total. The molecule has 1 N–H and O–H groups in total. The van der Waals surface area contributed by atoms with Gasteiger partial charge in [-0.25, -0.2) is 9.59 Å². The fourth-order valence-electron chi connectivity index (χ4n) is 1.88. The van der Waals surface area contributed by atoms with E-state index in [1.165, 1.54) is 11.3 Å². The Morgan fingerprint density at radius 3 is 2.50 bits per heavy atom. The molecule has 0 saturated carbocycles. The largest absolute Gasteiger partial charge is 0.462 e. The van der Waals surface area contributed by atoms with Crippen molar-refractivity contribution in [2.45, 2.75) is 20.8 Å². The third kappa shape index (κ3) is 3.65. The second kappa shape index (κ2) is 7.09. The van der Waals surface area contributed by atoms with Crippen LogP contribution in [-0.4, -0.2) is 18.7 Å². The van der Waals surface area contributed by atoms with Crippen molar-refractivity contribution < 1.29 is 19.1 Å². The monoisotopic (exact) mass is 319 g/mol. The van der Waals surface area contributed by atoms with Crippen LogP contribution >= 0.6 is 11.3 Å². The van der Waals surface area contributed by atoms with E-state index >= 15 is 0 Å². The molecule has 0 aliphatic carbocycles. The molecule has 1 aromatic heterocycles. The van der Waals surface area contributed by atoms with E-state index in [1.54, 1.807) is 31.2 Å². The Bertz CT molecular complexity index is 679. The lowest BCUT2D eigenvalue weighted by Crippen LogP contribution is -2.18. The van der Waals surface area contributed by atoms with Crippen molar-refractivity contribution in [1.82, 2.24) is 0 Å². The van der Waals surface area contributed by atoms with Crippen LogP contribution < -0.4 is 10.1 Å². The maximum Gasteiger partial charge on any atom is 0.417 e. The summed E-state index contributed by atoms with van der Waals surface area (Å²) in [6.45, 7) is 5.73. The summed E-state index contributed by atoms with van der Waals surface area (Å²) in [5.41, 5.74) is 1.19. The van der Waals surface area contributed by atoms with E-state index in [0.29, 0.717) is 16.3 Å². The molecular formula is C16H17NO4S. The highest BCUT2D eigenvalue weighted by Crippen LogP contribution is 2.33. The summed E-state index contributed by atoms with van der Waals surface area (Å²) >= 11 is 1.32. The minimum absolute atomic E-state index is 0.279. The van der Waals surface area contributed by atoms with Crippen LogP contribution in [0.3, 0.4) is 0 Å².